The van der Waals surface area contributed by atoms with E-state index in [4.69, 9.17) is 9.47 Å². The maximum atomic E-state index is 14.5. The Balaban J connectivity index is 1.02. The molecule has 20 nitrogen and oxygen atoms in total. The first-order valence-corrected chi connectivity index (χ1v) is 25.9. The third-order valence-corrected chi connectivity index (χ3v) is 14.8. The number of benzene rings is 2. The minimum Gasteiger partial charge on any atom is -0.368 e. The van der Waals surface area contributed by atoms with E-state index in [1.54, 1.807) is 37.3 Å². The number of aromatic nitrogens is 8. The van der Waals surface area contributed by atoms with Crippen LogP contribution in [0.2, 0.25) is 0 Å². The smallest absolute Gasteiger partial charge is 0.246 e. The molecule has 2 aliphatic heterocycles. The van der Waals surface area contributed by atoms with Crippen LogP contribution in [0.4, 0.5) is 0 Å². The lowest BCUT2D eigenvalue weighted by Gasteiger charge is -2.38. The number of nitrogens with zero attached hydrogens (tertiary/aromatic N) is 10. The molecule has 0 spiro atoms. The lowest BCUT2D eigenvalue weighted by molar-refractivity contribution is -0.142. The highest BCUT2D eigenvalue weighted by molar-refractivity contribution is 7.99. The molecule has 4 heterocycles. The first-order valence-electron chi connectivity index (χ1n) is 24.3. The van der Waals surface area contributed by atoms with Crippen LogP contribution in [0.15, 0.2) is 80.8 Å². The van der Waals surface area contributed by atoms with Crippen molar-refractivity contribution in [2.45, 2.75) is 137 Å². The van der Waals surface area contributed by atoms with Gasteiger partial charge in [0.2, 0.25) is 33.9 Å². The van der Waals surface area contributed by atoms with Crippen molar-refractivity contribution in [1.29, 1.82) is 0 Å². The quantitative estimate of drug-likeness (QED) is 0.0585. The lowest BCUT2D eigenvalue weighted by Crippen LogP contribution is -2.60. The average Bonchev–Trinajstić information content (AvgIpc) is 4.23. The van der Waals surface area contributed by atoms with Gasteiger partial charge in [-0.3, -0.25) is 19.2 Å². The van der Waals surface area contributed by atoms with Crippen LogP contribution in [0.1, 0.15) is 67.2 Å². The van der Waals surface area contributed by atoms with Crippen molar-refractivity contribution in [1.82, 2.24) is 71.5 Å². The zero-order valence-electron chi connectivity index (χ0n) is 42.5. The van der Waals surface area contributed by atoms with E-state index in [9.17, 15) is 19.2 Å². The van der Waals surface area contributed by atoms with Crippen LogP contribution in [-0.2, 0) is 41.7 Å². The summed E-state index contributed by atoms with van der Waals surface area (Å²) >= 11 is 2.91. The molecule has 2 unspecified atom stereocenters. The van der Waals surface area contributed by atoms with E-state index < -0.39 is 35.0 Å². The zero-order valence-corrected chi connectivity index (χ0v) is 44.1. The highest BCUT2D eigenvalue weighted by Crippen LogP contribution is 2.32. The fraction of sp³-hybridized carbons (Fsp3) is 0.560. The highest BCUT2D eigenvalue weighted by atomic mass is 32.2. The van der Waals surface area contributed by atoms with Crippen molar-refractivity contribution >= 4 is 47.2 Å². The van der Waals surface area contributed by atoms with Gasteiger partial charge in [0.15, 0.2) is 0 Å². The number of rotatable bonds is 24. The summed E-state index contributed by atoms with van der Waals surface area (Å²) in [6.45, 7) is 13.2. The first kappa shape index (κ1) is 55.4. The van der Waals surface area contributed by atoms with Gasteiger partial charge in [-0.25, -0.2) is 9.36 Å². The summed E-state index contributed by atoms with van der Waals surface area (Å²) in [7, 11) is 3.38. The molecule has 0 radical (unpaired) electrons. The van der Waals surface area contributed by atoms with E-state index in [1.807, 2.05) is 98.2 Å². The number of hydrogen-bond donors (Lipinski definition) is 4. The molecule has 4 amide bonds. The third-order valence-electron chi connectivity index (χ3n) is 12.8. The predicted molar refractivity (Wildman–Crippen MR) is 272 cm³/mol. The molecule has 2 fully saturated rings. The summed E-state index contributed by atoms with van der Waals surface area (Å²) < 4.78 is 15.5. The van der Waals surface area contributed by atoms with Crippen molar-refractivity contribution in [2.75, 3.05) is 53.6 Å². The summed E-state index contributed by atoms with van der Waals surface area (Å²) in [5, 5.41) is 38.0. The Morgan fingerprint density at radius 3 is 1.42 bits per heavy atom. The number of carbonyl (C=O) groups excluding carboxylic acids is 4. The van der Waals surface area contributed by atoms with Crippen LogP contribution in [0.5, 0.6) is 0 Å². The second-order valence-corrected chi connectivity index (χ2v) is 21.3. The first-order chi connectivity index (χ1) is 34.6. The molecular formula is C50H68N14O6S2. The van der Waals surface area contributed by atoms with Crippen LogP contribution in [0.3, 0.4) is 0 Å². The number of likely N-dealkylation sites (N-methyl/N-ethyl adjacent to an activating group) is 2. The summed E-state index contributed by atoms with van der Waals surface area (Å²) in [4.78, 5) is 61.2. The molecule has 4 aromatic rings. The number of likely N-dealkylation sites (tertiary alicyclic amines) is 2. The molecule has 4 N–H and O–H groups in total. The van der Waals surface area contributed by atoms with Crippen LogP contribution >= 0.6 is 23.5 Å². The van der Waals surface area contributed by atoms with Crippen molar-refractivity contribution in [3.05, 3.63) is 60.7 Å². The normalized spacial score (nSPS) is 17.5. The lowest BCUT2D eigenvalue weighted by atomic mass is 9.83. The maximum absolute atomic E-state index is 14.5. The molecule has 22 heteroatoms. The molecule has 386 valence electrons. The third kappa shape index (κ3) is 15.3. The van der Waals surface area contributed by atoms with Gasteiger partial charge in [0, 0.05) is 33.7 Å². The molecule has 0 bridgehead atoms. The number of ether oxygens (including phenoxy) is 2. The van der Waals surface area contributed by atoms with Crippen molar-refractivity contribution in [2.24, 2.45) is 10.8 Å². The van der Waals surface area contributed by atoms with Gasteiger partial charge < -0.3 is 40.5 Å². The minimum absolute atomic E-state index is 0.0356. The van der Waals surface area contributed by atoms with E-state index in [1.165, 1.54) is 23.5 Å². The predicted octanol–water partition coefficient (Wildman–Crippen LogP) is 2.92. The topological polar surface area (TPSA) is 229 Å². The maximum Gasteiger partial charge on any atom is 0.246 e. The Morgan fingerprint density at radius 1 is 0.653 bits per heavy atom. The van der Waals surface area contributed by atoms with Crippen molar-refractivity contribution in [3.8, 4) is 23.7 Å². The van der Waals surface area contributed by atoms with Crippen LogP contribution in [-0.4, -0.2) is 164 Å². The molecular weight excluding hydrogens is 957 g/mol. The molecule has 2 aromatic carbocycles. The number of hydrogen-bond acceptors (Lipinski definition) is 16. The molecule has 6 rings (SSSR count). The number of nitrogens with one attached hydrogen (secondary N) is 4. The van der Waals surface area contributed by atoms with Gasteiger partial charge in [-0.1, -0.05) is 75.9 Å². The Labute approximate surface area is 431 Å². The fourth-order valence-electron chi connectivity index (χ4n) is 8.36. The van der Waals surface area contributed by atoms with Gasteiger partial charge in [0.05, 0.1) is 50.5 Å². The van der Waals surface area contributed by atoms with Gasteiger partial charge in [0.1, 0.15) is 25.3 Å². The van der Waals surface area contributed by atoms with Crippen molar-refractivity contribution in [3.63, 3.8) is 0 Å². The van der Waals surface area contributed by atoms with E-state index >= 15 is 0 Å². The van der Waals surface area contributed by atoms with Gasteiger partial charge in [-0.2, -0.15) is 0 Å². The van der Waals surface area contributed by atoms with Gasteiger partial charge in [-0.15, -0.1) is 10.2 Å². The monoisotopic (exact) mass is 1020 g/mol. The Hall–Kier alpha value is -5.88. The van der Waals surface area contributed by atoms with Crippen LogP contribution in [0.25, 0.3) is 0 Å². The molecule has 6 atom stereocenters. The minimum atomic E-state index is -0.899. The number of amides is 4. The largest absolute Gasteiger partial charge is 0.368 e. The van der Waals surface area contributed by atoms with E-state index in [0.29, 0.717) is 36.5 Å². The summed E-state index contributed by atoms with van der Waals surface area (Å²) in [6, 6.07) is 16.5. The molecule has 0 saturated carbocycles. The summed E-state index contributed by atoms with van der Waals surface area (Å²) in [5.74, 6) is 10.4. The highest BCUT2D eigenvalue weighted by Gasteiger charge is 2.44. The Bertz CT molecular complexity index is 2370. The second kappa shape index (κ2) is 26.7. The van der Waals surface area contributed by atoms with Crippen LogP contribution < -0.4 is 21.3 Å². The van der Waals surface area contributed by atoms with Gasteiger partial charge in [0.25, 0.3) is 0 Å². The zero-order chi connectivity index (χ0) is 51.7. The Morgan fingerprint density at radius 2 is 1.04 bits per heavy atom. The molecule has 2 aromatic heterocycles. The van der Waals surface area contributed by atoms with Crippen molar-refractivity contribution < 1.29 is 28.7 Å². The SMILES string of the molecule is CNC(C)C(=O)N[C@H](C(=O)N1CCC[C@H]1Cn1nnnc1Sc1ccccc1)C(C)(C)COCC#CC#CCOCC(C)(C)[C@H](NC(=O)C(C)NC)C(=O)N1CCC[C@H]1Cn1nnnc1Sc1ccccc1. The molecule has 0 aliphatic carbocycles. The summed E-state index contributed by atoms with van der Waals surface area (Å²) in [5.41, 5.74) is -1.66. The van der Waals surface area contributed by atoms with E-state index in [0.717, 1.165) is 35.5 Å². The number of tetrazole rings is 2. The van der Waals surface area contributed by atoms with E-state index in [2.05, 4.69) is 76.0 Å². The average molecular weight is 1030 g/mol. The Kier molecular flexibility index (Phi) is 20.6. The summed E-state index contributed by atoms with van der Waals surface area (Å²) in [6.07, 6.45) is 3.14. The molecule has 72 heavy (non-hydrogen) atoms. The van der Waals surface area contributed by atoms with Gasteiger partial charge >= 0.3 is 0 Å². The fourth-order valence-corrected chi connectivity index (χ4v) is 9.95. The molecule has 2 saturated heterocycles. The second-order valence-electron chi connectivity index (χ2n) is 19.2. The molecule has 2 aliphatic rings. The van der Waals surface area contributed by atoms with E-state index in [-0.39, 0.29) is 62.1 Å². The van der Waals surface area contributed by atoms with Gasteiger partial charge in [-0.05, 0) is 134 Å². The van der Waals surface area contributed by atoms with Crippen LogP contribution in [0, 0.1) is 34.5 Å². The standard InChI is InChI=1S/C50H68N14O6S2/c1-35(51-7)43(65)53-41(45(67)61-27-19-21-37(61)31-63-47(55-57-59-63)71-39-23-13-11-14-24-39)49(3,4)33-69-29-17-9-10-18-30-70-34-50(5,6)42(54-44(66)36(2)52-8)46(68)62-28-20-22-38(62)32-64-48(56-58-60-64)72-40-25-15-12-16-26-40/h11-16,23-26,35-38,41-42,51-52H,19-22,27-34H2,1-8H3,(H,53,65)(H,54,66)/t35?,36?,37-,38-,41+,42+/m0/s1. The number of carbonyl (C=O) groups is 4.